The average Bonchev–Trinajstić information content (AvgIpc) is 3.25. The number of carbonyl (C=O) groups excluding carboxylic acids is 2. The first kappa shape index (κ1) is 58.8. The van der Waals surface area contributed by atoms with E-state index < -0.39 is 18.2 Å². The fourth-order valence-electron chi connectivity index (χ4n) is 8.03. The van der Waals surface area contributed by atoms with Crippen molar-refractivity contribution in [3.63, 3.8) is 0 Å². The number of aliphatic hydroxyl groups excluding tert-OH is 2. The maximum atomic E-state index is 13.2. The van der Waals surface area contributed by atoms with Crippen molar-refractivity contribution < 1.29 is 24.5 Å². The van der Waals surface area contributed by atoms with Crippen molar-refractivity contribution >= 4 is 11.9 Å². The number of nitrogens with one attached hydrogen (secondary N) is 1. The topological polar surface area (TPSA) is 95.9 Å². The minimum absolute atomic E-state index is 0.0641. The number of allylic oxidation sites excluding steroid dienone is 8. The van der Waals surface area contributed by atoms with Crippen molar-refractivity contribution in [2.75, 3.05) is 6.61 Å². The maximum absolute atomic E-state index is 13.2. The number of ether oxygens (including phenoxy) is 1. The lowest BCUT2D eigenvalue weighted by Crippen LogP contribution is -2.46. The summed E-state index contributed by atoms with van der Waals surface area (Å²) in [4.78, 5) is 26.1. The zero-order chi connectivity index (χ0) is 44.5. The number of aliphatic hydroxyl groups is 2. The molecule has 0 heterocycles. The molecule has 6 heteroatoms. The van der Waals surface area contributed by atoms with E-state index in [-0.39, 0.29) is 24.9 Å². The molecule has 0 aliphatic heterocycles. The van der Waals surface area contributed by atoms with Crippen LogP contribution in [0.1, 0.15) is 265 Å². The molecule has 0 aliphatic rings. The van der Waals surface area contributed by atoms with E-state index in [4.69, 9.17) is 4.74 Å². The molecule has 6 nitrogen and oxygen atoms in total. The average molecular weight is 856 g/mol. The number of amides is 1. The Kier molecular flexibility index (Phi) is 47.1. The van der Waals surface area contributed by atoms with Crippen molar-refractivity contribution in [2.45, 2.75) is 283 Å². The Bertz CT molecular complexity index is 1050. The number of hydrogen-bond acceptors (Lipinski definition) is 5. The molecule has 356 valence electrons. The van der Waals surface area contributed by atoms with Gasteiger partial charge in [0.1, 0.15) is 6.10 Å². The molecule has 0 spiro atoms. The molecule has 3 unspecified atom stereocenters. The Balaban J connectivity index is 4.56. The summed E-state index contributed by atoms with van der Waals surface area (Å²) in [5, 5.41) is 23.8. The smallest absolute Gasteiger partial charge is 0.306 e. The number of carbonyl (C=O) groups is 2. The van der Waals surface area contributed by atoms with Gasteiger partial charge in [-0.2, -0.15) is 0 Å². The lowest BCUT2D eigenvalue weighted by molar-refractivity contribution is -0.151. The molecule has 0 fully saturated rings. The van der Waals surface area contributed by atoms with Crippen LogP contribution in [-0.4, -0.2) is 46.9 Å². The third-order valence-corrected chi connectivity index (χ3v) is 12.0. The summed E-state index contributed by atoms with van der Waals surface area (Å²) >= 11 is 0. The Labute approximate surface area is 378 Å². The van der Waals surface area contributed by atoms with Gasteiger partial charge in [0, 0.05) is 6.42 Å². The van der Waals surface area contributed by atoms with Gasteiger partial charge < -0.3 is 20.3 Å². The van der Waals surface area contributed by atoms with Crippen LogP contribution < -0.4 is 5.32 Å². The van der Waals surface area contributed by atoms with Crippen LogP contribution in [0.15, 0.2) is 48.6 Å². The Hall–Kier alpha value is -2.18. The standard InChI is InChI=1S/C55H101NO5/c1-4-7-10-13-16-19-22-25-26-27-30-32-35-38-41-44-47-53(58)52(50-57)56-54(59)49-51(46-43-40-37-34-31-28-23-20-17-14-11-8-5-2)61-55(60)48-45-42-39-36-33-29-24-21-18-15-12-9-6-3/h9,12,15,18,21,24,29,33,51-53,57-58H,4-8,10-11,13-14,16-17,19-20,22-23,25-28,30-32,34-50H2,1-3H3,(H,56,59)/b12-9+,18-15+,24-21-,33-29-. The van der Waals surface area contributed by atoms with E-state index in [9.17, 15) is 19.8 Å². The minimum atomic E-state index is -0.793. The second-order valence-electron chi connectivity index (χ2n) is 18.0. The van der Waals surface area contributed by atoms with Crippen molar-refractivity contribution in [1.82, 2.24) is 5.32 Å². The Morgan fingerprint density at radius 3 is 1.33 bits per heavy atom. The first-order valence-corrected chi connectivity index (χ1v) is 26.4. The van der Waals surface area contributed by atoms with Crippen molar-refractivity contribution in [3.8, 4) is 0 Å². The zero-order valence-corrected chi connectivity index (χ0v) is 40.5. The van der Waals surface area contributed by atoms with E-state index in [1.807, 2.05) is 24.3 Å². The molecular formula is C55H101NO5. The fourth-order valence-corrected chi connectivity index (χ4v) is 8.03. The van der Waals surface area contributed by atoms with Gasteiger partial charge in [-0.05, 0) is 44.9 Å². The summed E-state index contributed by atoms with van der Waals surface area (Å²) in [6, 6.07) is -0.708. The zero-order valence-electron chi connectivity index (χ0n) is 40.5. The van der Waals surface area contributed by atoms with Crippen molar-refractivity contribution in [3.05, 3.63) is 48.6 Å². The summed E-state index contributed by atoms with van der Waals surface area (Å²) in [6.07, 6.45) is 58.9. The van der Waals surface area contributed by atoms with E-state index in [1.54, 1.807) is 0 Å². The number of rotatable bonds is 47. The third kappa shape index (κ3) is 44.2. The molecule has 0 saturated heterocycles. The summed E-state index contributed by atoms with van der Waals surface area (Å²) in [5.41, 5.74) is 0. The second-order valence-corrected chi connectivity index (χ2v) is 18.0. The predicted octanol–water partition coefficient (Wildman–Crippen LogP) is 15.8. The van der Waals surface area contributed by atoms with Crippen molar-refractivity contribution in [2.24, 2.45) is 0 Å². The van der Waals surface area contributed by atoms with Gasteiger partial charge in [0.2, 0.25) is 5.91 Å². The Morgan fingerprint density at radius 1 is 0.492 bits per heavy atom. The van der Waals surface area contributed by atoms with Gasteiger partial charge >= 0.3 is 5.97 Å². The van der Waals surface area contributed by atoms with Gasteiger partial charge in [-0.25, -0.2) is 0 Å². The molecule has 3 N–H and O–H groups in total. The van der Waals surface area contributed by atoms with E-state index >= 15 is 0 Å². The van der Waals surface area contributed by atoms with Crippen LogP contribution in [-0.2, 0) is 14.3 Å². The van der Waals surface area contributed by atoms with Crippen LogP contribution in [0.2, 0.25) is 0 Å². The molecular weight excluding hydrogens is 755 g/mol. The number of hydrogen-bond donors (Lipinski definition) is 3. The molecule has 3 atom stereocenters. The first-order chi connectivity index (χ1) is 30.0. The van der Waals surface area contributed by atoms with Crippen LogP contribution in [0.5, 0.6) is 0 Å². The predicted molar refractivity (Wildman–Crippen MR) is 264 cm³/mol. The van der Waals surface area contributed by atoms with E-state index in [1.165, 1.54) is 154 Å². The van der Waals surface area contributed by atoms with Gasteiger partial charge in [0.05, 0.1) is 25.2 Å². The minimum Gasteiger partial charge on any atom is -0.462 e. The second kappa shape index (κ2) is 48.8. The van der Waals surface area contributed by atoms with E-state index in [0.29, 0.717) is 19.3 Å². The molecule has 0 radical (unpaired) electrons. The van der Waals surface area contributed by atoms with E-state index in [0.717, 1.165) is 64.2 Å². The number of unbranched alkanes of at least 4 members (excludes halogenated alkanes) is 30. The SMILES string of the molecule is CC/C=C/C=C/C=C\C=C/CCCCCC(=O)OC(CCCCCCCCCCCCCCC)CC(=O)NC(CO)C(O)CCCCCCCCCCCCCCCCCC. The maximum Gasteiger partial charge on any atom is 0.306 e. The van der Waals surface area contributed by atoms with Crippen LogP contribution in [0.25, 0.3) is 0 Å². The lowest BCUT2D eigenvalue weighted by Gasteiger charge is -2.24. The van der Waals surface area contributed by atoms with Gasteiger partial charge in [0.15, 0.2) is 0 Å². The quantitative estimate of drug-likeness (QED) is 0.0322. The van der Waals surface area contributed by atoms with Gasteiger partial charge in [-0.3, -0.25) is 9.59 Å². The highest BCUT2D eigenvalue weighted by molar-refractivity contribution is 5.77. The van der Waals surface area contributed by atoms with Crippen molar-refractivity contribution in [1.29, 1.82) is 0 Å². The molecule has 0 rings (SSSR count). The number of esters is 1. The van der Waals surface area contributed by atoms with E-state index in [2.05, 4.69) is 50.4 Å². The third-order valence-electron chi connectivity index (χ3n) is 12.0. The van der Waals surface area contributed by atoms with Gasteiger partial charge in [-0.1, -0.05) is 256 Å². The highest BCUT2D eigenvalue weighted by Gasteiger charge is 2.24. The molecule has 0 aromatic carbocycles. The molecule has 0 aromatic rings. The molecule has 1 amide bonds. The van der Waals surface area contributed by atoms with Gasteiger partial charge in [0.25, 0.3) is 0 Å². The summed E-state index contributed by atoms with van der Waals surface area (Å²) in [7, 11) is 0. The normalized spacial score (nSPS) is 13.6. The van der Waals surface area contributed by atoms with Crippen LogP contribution in [0.3, 0.4) is 0 Å². The summed E-state index contributed by atoms with van der Waals surface area (Å²) < 4.78 is 5.92. The fraction of sp³-hybridized carbons (Fsp3) is 0.818. The molecule has 0 aromatic heterocycles. The molecule has 61 heavy (non-hydrogen) atoms. The monoisotopic (exact) mass is 856 g/mol. The Morgan fingerprint density at radius 2 is 0.885 bits per heavy atom. The first-order valence-electron chi connectivity index (χ1n) is 26.4. The van der Waals surface area contributed by atoms with Crippen LogP contribution in [0, 0.1) is 0 Å². The van der Waals surface area contributed by atoms with Crippen LogP contribution >= 0.6 is 0 Å². The molecule has 0 aliphatic carbocycles. The summed E-state index contributed by atoms with van der Waals surface area (Å²) in [6.45, 7) is 6.35. The summed E-state index contributed by atoms with van der Waals surface area (Å²) in [5.74, 6) is -0.511. The molecule has 0 saturated carbocycles. The largest absolute Gasteiger partial charge is 0.462 e. The molecule has 0 bridgehead atoms. The highest BCUT2D eigenvalue weighted by atomic mass is 16.5. The lowest BCUT2D eigenvalue weighted by atomic mass is 10.0. The van der Waals surface area contributed by atoms with Gasteiger partial charge in [-0.15, -0.1) is 0 Å². The highest BCUT2D eigenvalue weighted by Crippen LogP contribution is 2.18. The van der Waals surface area contributed by atoms with Crippen LogP contribution in [0.4, 0.5) is 0 Å².